The van der Waals surface area contributed by atoms with E-state index in [1.165, 1.54) is 23.8 Å². The molecule has 150 valence electrons. The fraction of sp³-hybridized carbons (Fsp3) is 0.350. The van der Waals surface area contributed by atoms with E-state index in [4.69, 9.17) is 0 Å². The lowest BCUT2D eigenvalue weighted by Gasteiger charge is -2.32. The minimum absolute atomic E-state index is 0.0253. The standard InChI is InChI=1S/C20H22F3N3O2/c21-20(22,23)28-18-9-5-4-8-17(18)25-19(27)24-16-10-12-26(13-11-16)14-15-6-2-1-3-7-15/h1-9,16H,10-14H2,(H2,24,25,27). The number of para-hydroxylation sites is 2. The number of hydrogen-bond donors (Lipinski definition) is 2. The van der Waals surface area contributed by atoms with Gasteiger partial charge in [-0.2, -0.15) is 0 Å². The summed E-state index contributed by atoms with van der Waals surface area (Å²) in [5.74, 6) is -0.442. The first-order valence-electron chi connectivity index (χ1n) is 9.07. The van der Waals surface area contributed by atoms with Crippen molar-refractivity contribution in [2.24, 2.45) is 0 Å². The number of benzene rings is 2. The van der Waals surface area contributed by atoms with Gasteiger partial charge in [0, 0.05) is 25.7 Å². The average Bonchev–Trinajstić information content (AvgIpc) is 2.65. The van der Waals surface area contributed by atoms with Crippen LogP contribution in [0.3, 0.4) is 0 Å². The van der Waals surface area contributed by atoms with Crippen LogP contribution < -0.4 is 15.4 Å². The predicted octanol–water partition coefficient (Wildman–Crippen LogP) is 4.37. The fourth-order valence-electron chi connectivity index (χ4n) is 3.20. The summed E-state index contributed by atoms with van der Waals surface area (Å²) in [5, 5.41) is 5.27. The molecule has 0 saturated carbocycles. The van der Waals surface area contributed by atoms with E-state index in [0.29, 0.717) is 0 Å². The molecule has 0 aliphatic carbocycles. The van der Waals surface area contributed by atoms with Gasteiger partial charge in [-0.25, -0.2) is 4.79 Å². The van der Waals surface area contributed by atoms with Crippen LogP contribution in [0.5, 0.6) is 5.75 Å². The third kappa shape index (κ3) is 6.16. The SMILES string of the molecule is O=C(Nc1ccccc1OC(F)(F)F)NC1CCN(Cc2ccccc2)CC1. The van der Waals surface area contributed by atoms with E-state index in [-0.39, 0.29) is 11.7 Å². The highest BCUT2D eigenvalue weighted by atomic mass is 19.4. The van der Waals surface area contributed by atoms with E-state index in [9.17, 15) is 18.0 Å². The maximum atomic E-state index is 12.5. The molecule has 8 heteroatoms. The summed E-state index contributed by atoms with van der Waals surface area (Å²) in [6.07, 6.45) is -3.26. The minimum Gasteiger partial charge on any atom is -0.404 e. The van der Waals surface area contributed by atoms with E-state index in [2.05, 4.69) is 32.4 Å². The molecule has 2 aromatic rings. The summed E-state index contributed by atoms with van der Waals surface area (Å²) < 4.78 is 41.4. The van der Waals surface area contributed by atoms with Crippen molar-refractivity contribution in [2.75, 3.05) is 18.4 Å². The van der Waals surface area contributed by atoms with Gasteiger partial charge in [0.1, 0.15) is 0 Å². The molecule has 0 unspecified atom stereocenters. The first kappa shape index (κ1) is 20.0. The molecular weight excluding hydrogens is 371 g/mol. The number of alkyl halides is 3. The fourth-order valence-corrected chi connectivity index (χ4v) is 3.20. The second kappa shape index (κ2) is 8.97. The zero-order valence-electron chi connectivity index (χ0n) is 15.2. The Kier molecular flexibility index (Phi) is 6.41. The summed E-state index contributed by atoms with van der Waals surface area (Å²) in [6.45, 7) is 2.54. The molecule has 0 atom stereocenters. The number of ether oxygens (including phenoxy) is 1. The zero-order valence-corrected chi connectivity index (χ0v) is 15.2. The van der Waals surface area contributed by atoms with Gasteiger partial charge in [-0.1, -0.05) is 42.5 Å². The Hall–Kier alpha value is -2.74. The van der Waals surface area contributed by atoms with E-state index in [1.54, 1.807) is 0 Å². The number of urea groups is 1. The molecule has 0 spiro atoms. The van der Waals surface area contributed by atoms with E-state index in [1.807, 2.05) is 18.2 Å². The number of carbonyl (C=O) groups excluding carboxylic acids is 1. The highest BCUT2D eigenvalue weighted by Crippen LogP contribution is 2.29. The molecule has 1 fully saturated rings. The number of nitrogens with zero attached hydrogens (tertiary/aromatic N) is 1. The normalized spacial score (nSPS) is 15.8. The second-order valence-corrected chi connectivity index (χ2v) is 6.68. The molecule has 1 aliphatic rings. The van der Waals surface area contributed by atoms with Crippen LogP contribution in [-0.4, -0.2) is 36.4 Å². The molecular formula is C20H22F3N3O2. The predicted molar refractivity (Wildman–Crippen MR) is 100 cm³/mol. The Morgan fingerprint density at radius 1 is 1.04 bits per heavy atom. The lowest BCUT2D eigenvalue weighted by molar-refractivity contribution is -0.274. The summed E-state index contributed by atoms with van der Waals surface area (Å²) in [4.78, 5) is 14.5. The van der Waals surface area contributed by atoms with Gasteiger partial charge in [0.15, 0.2) is 5.75 Å². The molecule has 1 heterocycles. The van der Waals surface area contributed by atoms with Gasteiger partial charge < -0.3 is 15.4 Å². The van der Waals surface area contributed by atoms with Crippen molar-refractivity contribution in [3.63, 3.8) is 0 Å². The van der Waals surface area contributed by atoms with Crippen LogP contribution in [0.2, 0.25) is 0 Å². The van der Waals surface area contributed by atoms with E-state index in [0.717, 1.165) is 38.5 Å². The summed E-state index contributed by atoms with van der Waals surface area (Å²) >= 11 is 0. The molecule has 2 N–H and O–H groups in total. The molecule has 0 bridgehead atoms. The quantitative estimate of drug-likeness (QED) is 0.793. The summed E-state index contributed by atoms with van der Waals surface area (Å²) in [7, 11) is 0. The first-order chi connectivity index (χ1) is 13.4. The van der Waals surface area contributed by atoms with Gasteiger partial charge in [-0.3, -0.25) is 4.90 Å². The molecule has 5 nitrogen and oxygen atoms in total. The smallest absolute Gasteiger partial charge is 0.404 e. The largest absolute Gasteiger partial charge is 0.573 e. The number of piperidine rings is 1. The minimum atomic E-state index is -4.82. The van der Waals surface area contributed by atoms with Crippen molar-refractivity contribution < 1.29 is 22.7 Å². The van der Waals surface area contributed by atoms with Gasteiger partial charge in [-0.15, -0.1) is 13.2 Å². The van der Waals surface area contributed by atoms with Gasteiger partial charge in [0.05, 0.1) is 5.69 Å². The Morgan fingerprint density at radius 2 is 1.68 bits per heavy atom. The Bertz CT molecular complexity index is 776. The van der Waals surface area contributed by atoms with Crippen molar-refractivity contribution >= 4 is 11.7 Å². The highest BCUT2D eigenvalue weighted by Gasteiger charge is 2.32. The van der Waals surface area contributed by atoms with Crippen molar-refractivity contribution in [3.8, 4) is 5.75 Å². The third-order valence-electron chi connectivity index (χ3n) is 4.53. The molecule has 0 aromatic heterocycles. The van der Waals surface area contributed by atoms with Gasteiger partial charge in [0.2, 0.25) is 0 Å². The molecule has 1 saturated heterocycles. The number of likely N-dealkylation sites (tertiary alicyclic amines) is 1. The number of anilines is 1. The lowest BCUT2D eigenvalue weighted by Crippen LogP contribution is -2.45. The number of hydrogen-bond acceptors (Lipinski definition) is 3. The molecule has 3 rings (SSSR count). The third-order valence-corrected chi connectivity index (χ3v) is 4.53. The Morgan fingerprint density at radius 3 is 2.36 bits per heavy atom. The van der Waals surface area contributed by atoms with Crippen LogP contribution in [0.25, 0.3) is 0 Å². The van der Waals surface area contributed by atoms with E-state index < -0.39 is 18.1 Å². The van der Waals surface area contributed by atoms with Crippen LogP contribution in [0.15, 0.2) is 54.6 Å². The maximum Gasteiger partial charge on any atom is 0.573 e. The number of rotatable bonds is 5. The number of nitrogens with one attached hydrogen (secondary N) is 2. The second-order valence-electron chi connectivity index (χ2n) is 6.68. The average molecular weight is 393 g/mol. The number of amides is 2. The molecule has 2 aromatic carbocycles. The number of carbonyl (C=O) groups is 1. The van der Waals surface area contributed by atoms with Gasteiger partial charge in [0.25, 0.3) is 0 Å². The van der Waals surface area contributed by atoms with Gasteiger partial charge >= 0.3 is 12.4 Å². The molecule has 2 amide bonds. The monoisotopic (exact) mass is 393 g/mol. The van der Waals surface area contributed by atoms with Crippen LogP contribution in [0.4, 0.5) is 23.7 Å². The van der Waals surface area contributed by atoms with Crippen LogP contribution in [0, 0.1) is 0 Å². The maximum absolute atomic E-state index is 12.5. The number of halogens is 3. The topological polar surface area (TPSA) is 53.6 Å². The Labute approximate surface area is 161 Å². The van der Waals surface area contributed by atoms with Crippen LogP contribution in [-0.2, 0) is 6.54 Å². The first-order valence-corrected chi connectivity index (χ1v) is 9.07. The zero-order chi connectivity index (χ0) is 20.0. The highest BCUT2D eigenvalue weighted by molar-refractivity contribution is 5.91. The Balaban J connectivity index is 1.48. The van der Waals surface area contributed by atoms with Crippen molar-refractivity contribution in [1.29, 1.82) is 0 Å². The van der Waals surface area contributed by atoms with Crippen molar-refractivity contribution in [1.82, 2.24) is 10.2 Å². The van der Waals surface area contributed by atoms with Crippen molar-refractivity contribution in [3.05, 3.63) is 60.2 Å². The molecule has 1 aliphatic heterocycles. The molecule has 0 radical (unpaired) electrons. The summed E-state index contributed by atoms with van der Waals surface area (Å²) in [5.41, 5.74) is 1.21. The van der Waals surface area contributed by atoms with Crippen LogP contribution in [0.1, 0.15) is 18.4 Å². The van der Waals surface area contributed by atoms with Crippen molar-refractivity contribution in [2.45, 2.75) is 31.8 Å². The summed E-state index contributed by atoms with van der Waals surface area (Å²) in [6, 6.07) is 15.1. The van der Waals surface area contributed by atoms with E-state index >= 15 is 0 Å². The van der Waals surface area contributed by atoms with Crippen LogP contribution >= 0.6 is 0 Å². The van der Waals surface area contributed by atoms with Gasteiger partial charge in [-0.05, 0) is 30.5 Å². The lowest BCUT2D eigenvalue weighted by atomic mass is 10.0. The molecule has 28 heavy (non-hydrogen) atoms.